The Morgan fingerprint density at radius 3 is 2.20 bits per heavy atom. The molecule has 1 aliphatic carbocycles. The standard InChI is InChI=1S/C27H25Cl3N2O3/c28-20-7-1-18(2-8-20)16-31-27(35)26(19-6-13-23(29)24(30)15-19)32(21-9-10-21)25(34)14-5-17-3-11-22(33)12-4-17/h1-4,6-8,11-13,15,21,26,33H,5,9-10,14,16H2,(H,31,35). The van der Waals surface area contributed by atoms with Gasteiger partial charge >= 0.3 is 0 Å². The molecule has 1 atom stereocenters. The van der Waals surface area contributed by atoms with Crippen LogP contribution in [0.4, 0.5) is 0 Å². The number of benzene rings is 3. The molecular formula is C27H25Cl3N2O3. The van der Waals surface area contributed by atoms with E-state index in [-0.39, 0.29) is 30.0 Å². The molecule has 0 spiro atoms. The number of carbonyl (C=O) groups excluding carboxylic acids is 2. The lowest BCUT2D eigenvalue weighted by Crippen LogP contribution is -2.45. The molecule has 4 rings (SSSR count). The first-order valence-electron chi connectivity index (χ1n) is 11.4. The van der Waals surface area contributed by atoms with Crippen LogP contribution >= 0.6 is 34.8 Å². The number of phenolic OH excluding ortho intramolecular Hbond substituents is 1. The summed E-state index contributed by atoms with van der Waals surface area (Å²) in [6, 6.07) is 18.2. The minimum absolute atomic E-state index is 0.0111. The molecule has 35 heavy (non-hydrogen) atoms. The Kier molecular flexibility index (Phi) is 8.22. The highest BCUT2D eigenvalue weighted by atomic mass is 35.5. The molecular weight excluding hydrogens is 507 g/mol. The fraction of sp³-hybridized carbons (Fsp3) is 0.259. The molecule has 1 aliphatic rings. The molecule has 5 nitrogen and oxygen atoms in total. The van der Waals surface area contributed by atoms with Crippen molar-refractivity contribution in [1.82, 2.24) is 10.2 Å². The number of halogens is 3. The molecule has 0 radical (unpaired) electrons. The van der Waals surface area contributed by atoms with Gasteiger partial charge in [-0.1, -0.05) is 65.1 Å². The average molecular weight is 532 g/mol. The quantitative estimate of drug-likeness (QED) is 0.339. The van der Waals surface area contributed by atoms with E-state index in [9.17, 15) is 14.7 Å². The van der Waals surface area contributed by atoms with Gasteiger partial charge in [-0.15, -0.1) is 0 Å². The fourth-order valence-corrected chi connectivity index (χ4v) is 4.40. The predicted octanol–water partition coefficient (Wildman–Crippen LogP) is 6.33. The molecule has 3 aromatic rings. The van der Waals surface area contributed by atoms with Crippen LogP contribution < -0.4 is 5.32 Å². The second-order valence-corrected chi connectivity index (χ2v) is 9.87. The van der Waals surface area contributed by atoms with Gasteiger partial charge in [-0.05, 0) is 72.4 Å². The van der Waals surface area contributed by atoms with Crippen molar-refractivity contribution in [2.24, 2.45) is 0 Å². The molecule has 0 heterocycles. The van der Waals surface area contributed by atoms with E-state index in [2.05, 4.69) is 5.32 Å². The van der Waals surface area contributed by atoms with Crippen LogP contribution in [0.25, 0.3) is 0 Å². The van der Waals surface area contributed by atoms with Crippen LogP contribution in [0.15, 0.2) is 66.7 Å². The third-order valence-corrected chi connectivity index (χ3v) is 6.95. The van der Waals surface area contributed by atoms with Crippen LogP contribution in [0, 0.1) is 0 Å². The van der Waals surface area contributed by atoms with Crippen molar-refractivity contribution in [3.63, 3.8) is 0 Å². The minimum atomic E-state index is -0.836. The van der Waals surface area contributed by atoms with Gasteiger partial charge in [0.2, 0.25) is 11.8 Å². The van der Waals surface area contributed by atoms with E-state index < -0.39 is 6.04 Å². The van der Waals surface area contributed by atoms with Gasteiger partial charge in [-0.2, -0.15) is 0 Å². The van der Waals surface area contributed by atoms with Crippen molar-refractivity contribution < 1.29 is 14.7 Å². The van der Waals surface area contributed by atoms with Crippen LogP contribution in [0.2, 0.25) is 15.1 Å². The molecule has 0 bridgehead atoms. The Hall–Kier alpha value is -2.73. The van der Waals surface area contributed by atoms with Gasteiger partial charge in [0.15, 0.2) is 0 Å². The lowest BCUT2D eigenvalue weighted by molar-refractivity contribution is -0.141. The summed E-state index contributed by atoms with van der Waals surface area (Å²) < 4.78 is 0. The van der Waals surface area contributed by atoms with Gasteiger partial charge in [-0.25, -0.2) is 0 Å². The monoisotopic (exact) mass is 530 g/mol. The van der Waals surface area contributed by atoms with Crippen molar-refractivity contribution in [2.45, 2.75) is 44.3 Å². The number of nitrogens with one attached hydrogen (secondary N) is 1. The zero-order valence-electron chi connectivity index (χ0n) is 18.9. The van der Waals surface area contributed by atoms with Gasteiger partial charge in [0, 0.05) is 24.0 Å². The summed E-state index contributed by atoms with van der Waals surface area (Å²) in [7, 11) is 0. The maximum absolute atomic E-state index is 13.5. The number of hydrogen-bond acceptors (Lipinski definition) is 3. The van der Waals surface area contributed by atoms with E-state index in [1.165, 1.54) is 0 Å². The molecule has 1 fully saturated rings. The normalized spacial score (nSPS) is 13.8. The number of aryl methyl sites for hydroxylation is 1. The maximum atomic E-state index is 13.5. The van der Waals surface area contributed by atoms with E-state index in [0.29, 0.717) is 33.6 Å². The molecule has 0 saturated heterocycles. The Bertz CT molecular complexity index is 1200. The highest BCUT2D eigenvalue weighted by molar-refractivity contribution is 6.42. The summed E-state index contributed by atoms with van der Waals surface area (Å²) in [4.78, 5) is 28.7. The number of rotatable bonds is 9. The van der Waals surface area contributed by atoms with E-state index in [4.69, 9.17) is 34.8 Å². The number of carbonyl (C=O) groups is 2. The third kappa shape index (κ3) is 6.69. The first-order chi connectivity index (χ1) is 16.8. The van der Waals surface area contributed by atoms with Gasteiger partial charge in [-0.3, -0.25) is 9.59 Å². The predicted molar refractivity (Wildman–Crippen MR) is 139 cm³/mol. The van der Waals surface area contributed by atoms with E-state index in [1.54, 1.807) is 59.5 Å². The van der Waals surface area contributed by atoms with Crippen molar-refractivity contribution in [1.29, 1.82) is 0 Å². The smallest absolute Gasteiger partial charge is 0.247 e. The second kappa shape index (κ2) is 11.3. The van der Waals surface area contributed by atoms with E-state index in [1.807, 2.05) is 12.1 Å². The summed E-state index contributed by atoms with van der Waals surface area (Å²) in [5, 5.41) is 13.8. The number of nitrogens with zero attached hydrogens (tertiary/aromatic N) is 1. The Morgan fingerprint density at radius 2 is 1.57 bits per heavy atom. The molecule has 8 heteroatoms. The zero-order valence-corrected chi connectivity index (χ0v) is 21.2. The molecule has 182 valence electrons. The van der Waals surface area contributed by atoms with Crippen LogP contribution in [0.3, 0.4) is 0 Å². The van der Waals surface area contributed by atoms with E-state index >= 15 is 0 Å². The van der Waals surface area contributed by atoms with Crippen molar-refractivity contribution in [3.05, 3.63) is 98.5 Å². The lowest BCUT2D eigenvalue weighted by Gasteiger charge is -2.32. The number of hydrogen-bond donors (Lipinski definition) is 2. The minimum Gasteiger partial charge on any atom is -0.508 e. The highest BCUT2D eigenvalue weighted by Crippen LogP contribution is 2.37. The van der Waals surface area contributed by atoms with Crippen molar-refractivity contribution in [3.8, 4) is 5.75 Å². The summed E-state index contributed by atoms with van der Waals surface area (Å²) >= 11 is 18.4. The average Bonchev–Trinajstić information content (AvgIpc) is 3.68. The molecule has 0 aliphatic heterocycles. The lowest BCUT2D eigenvalue weighted by atomic mass is 10.0. The number of phenols is 1. The van der Waals surface area contributed by atoms with E-state index in [0.717, 1.165) is 24.0 Å². The highest BCUT2D eigenvalue weighted by Gasteiger charge is 2.41. The largest absolute Gasteiger partial charge is 0.508 e. The van der Waals surface area contributed by atoms with Crippen molar-refractivity contribution in [2.75, 3.05) is 0 Å². The zero-order chi connectivity index (χ0) is 24.9. The topological polar surface area (TPSA) is 69.6 Å². The first-order valence-corrected chi connectivity index (χ1v) is 12.5. The molecule has 3 aromatic carbocycles. The summed E-state index contributed by atoms with van der Waals surface area (Å²) in [5.74, 6) is -0.224. The summed E-state index contributed by atoms with van der Waals surface area (Å²) in [6.07, 6.45) is 2.42. The van der Waals surface area contributed by atoms with Crippen LogP contribution in [-0.4, -0.2) is 27.9 Å². The summed E-state index contributed by atoms with van der Waals surface area (Å²) in [6.45, 7) is 0.300. The number of amides is 2. The Balaban J connectivity index is 1.57. The Morgan fingerprint density at radius 1 is 0.914 bits per heavy atom. The first kappa shape index (κ1) is 25.4. The Labute approximate surface area is 219 Å². The maximum Gasteiger partial charge on any atom is 0.247 e. The third-order valence-electron chi connectivity index (χ3n) is 5.96. The van der Waals surface area contributed by atoms with Crippen LogP contribution in [0.1, 0.15) is 42.0 Å². The summed E-state index contributed by atoms with van der Waals surface area (Å²) in [5.41, 5.74) is 2.44. The van der Waals surface area contributed by atoms with Gasteiger partial charge in [0.1, 0.15) is 11.8 Å². The fourth-order valence-electron chi connectivity index (χ4n) is 3.96. The second-order valence-electron chi connectivity index (χ2n) is 8.62. The SMILES string of the molecule is O=C(NCc1ccc(Cl)cc1)C(c1ccc(Cl)c(Cl)c1)N(C(=O)CCc1ccc(O)cc1)C1CC1. The molecule has 2 amide bonds. The van der Waals surface area contributed by atoms with Gasteiger partial charge in [0.05, 0.1) is 10.0 Å². The molecule has 1 unspecified atom stereocenters. The van der Waals surface area contributed by atoms with Crippen LogP contribution in [-0.2, 0) is 22.6 Å². The van der Waals surface area contributed by atoms with Gasteiger partial charge in [0.25, 0.3) is 0 Å². The molecule has 0 aromatic heterocycles. The van der Waals surface area contributed by atoms with Gasteiger partial charge < -0.3 is 15.3 Å². The van der Waals surface area contributed by atoms with Crippen LogP contribution in [0.5, 0.6) is 5.75 Å². The molecule has 2 N–H and O–H groups in total. The molecule has 1 saturated carbocycles. The number of aromatic hydroxyl groups is 1. The van der Waals surface area contributed by atoms with Crippen molar-refractivity contribution >= 4 is 46.6 Å².